The van der Waals surface area contributed by atoms with E-state index in [1.807, 2.05) is 19.1 Å². The van der Waals surface area contributed by atoms with Gasteiger partial charge in [-0.15, -0.1) is 0 Å². The Balaban J connectivity index is 1.83. The van der Waals surface area contributed by atoms with Gasteiger partial charge in [-0.2, -0.15) is 0 Å². The predicted octanol–water partition coefficient (Wildman–Crippen LogP) is 4.40. The van der Waals surface area contributed by atoms with Crippen LogP contribution in [0.25, 0.3) is 0 Å². The third-order valence-corrected chi connectivity index (χ3v) is 4.37. The molecule has 0 saturated carbocycles. The van der Waals surface area contributed by atoms with Crippen LogP contribution in [0.15, 0.2) is 42.5 Å². The van der Waals surface area contributed by atoms with Gasteiger partial charge in [0, 0.05) is 12.2 Å². The van der Waals surface area contributed by atoms with Gasteiger partial charge in [0.25, 0.3) is 0 Å². The number of hydrogen-bond acceptors (Lipinski definition) is 3. The summed E-state index contributed by atoms with van der Waals surface area (Å²) in [6.07, 6.45) is 2.00. The van der Waals surface area contributed by atoms with Crippen molar-refractivity contribution in [2.75, 3.05) is 18.5 Å². The van der Waals surface area contributed by atoms with Crippen molar-refractivity contribution in [2.24, 2.45) is 0 Å². The highest BCUT2D eigenvalue weighted by Crippen LogP contribution is 2.19. The molecular weight excluding hydrogens is 344 g/mol. The minimum absolute atomic E-state index is 0.314. The number of rotatable bonds is 7. The zero-order valence-electron chi connectivity index (χ0n) is 15.6. The molecule has 0 atom stereocenters. The van der Waals surface area contributed by atoms with Gasteiger partial charge in [-0.3, -0.25) is 0 Å². The van der Waals surface area contributed by atoms with Crippen molar-refractivity contribution in [3.05, 3.63) is 64.7 Å². The molecule has 0 heterocycles. The van der Waals surface area contributed by atoms with E-state index in [2.05, 4.69) is 41.8 Å². The van der Waals surface area contributed by atoms with Crippen LogP contribution >= 0.6 is 12.2 Å². The molecule has 2 aromatic carbocycles. The Hall–Kier alpha value is -2.40. The normalized spacial score (nSPS) is 10.3. The molecule has 0 fully saturated rings. The van der Waals surface area contributed by atoms with E-state index in [0.717, 1.165) is 30.6 Å². The molecule has 0 aliphatic rings. The SMILES string of the molecule is CCOC(=O)c1cccc(NC(=S)NCCCc2ccc(C)cc2)c1C. The standard InChI is InChI=1S/C21H26N2O2S/c1-4-25-20(24)18-8-5-9-19(16(18)3)23-21(26)22-14-6-7-17-12-10-15(2)11-13-17/h5,8-13H,4,6-7,14H2,1-3H3,(H2,22,23,26). The summed E-state index contributed by atoms with van der Waals surface area (Å²) < 4.78 is 5.08. The number of anilines is 1. The molecule has 0 spiro atoms. The molecule has 0 saturated heterocycles. The first-order valence-electron chi connectivity index (χ1n) is 8.88. The first-order valence-corrected chi connectivity index (χ1v) is 9.29. The molecule has 4 nitrogen and oxygen atoms in total. The minimum Gasteiger partial charge on any atom is -0.462 e. The zero-order chi connectivity index (χ0) is 18.9. The van der Waals surface area contributed by atoms with Gasteiger partial charge in [0.1, 0.15) is 0 Å². The quantitative estimate of drug-likeness (QED) is 0.430. The Labute approximate surface area is 161 Å². The van der Waals surface area contributed by atoms with Crippen molar-refractivity contribution in [3.8, 4) is 0 Å². The summed E-state index contributed by atoms with van der Waals surface area (Å²) in [5.74, 6) is -0.314. The van der Waals surface area contributed by atoms with Gasteiger partial charge in [0.15, 0.2) is 5.11 Å². The van der Waals surface area contributed by atoms with E-state index in [9.17, 15) is 4.79 Å². The molecular formula is C21H26N2O2S. The number of esters is 1. The van der Waals surface area contributed by atoms with E-state index >= 15 is 0 Å². The number of thiocarbonyl (C=S) groups is 1. The van der Waals surface area contributed by atoms with E-state index in [-0.39, 0.29) is 5.97 Å². The van der Waals surface area contributed by atoms with E-state index in [1.165, 1.54) is 11.1 Å². The second kappa shape index (κ2) is 9.92. The minimum atomic E-state index is -0.314. The maximum atomic E-state index is 12.0. The third-order valence-electron chi connectivity index (χ3n) is 4.13. The average Bonchev–Trinajstić information content (AvgIpc) is 2.62. The summed E-state index contributed by atoms with van der Waals surface area (Å²) in [4.78, 5) is 12.0. The number of ether oxygens (including phenoxy) is 1. The zero-order valence-corrected chi connectivity index (χ0v) is 16.4. The Morgan fingerprint density at radius 2 is 1.85 bits per heavy atom. The first kappa shape index (κ1) is 19.9. The highest BCUT2D eigenvalue weighted by molar-refractivity contribution is 7.80. The fourth-order valence-corrected chi connectivity index (χ4v) is 2.83. The average molecular weight is 371 g/mol. The van der Waals surface area contributed by atoms with Crippen molar-refractivity contribution in [3.63, 3.8) is 0 Å². The third kappa shape index (κ3) is 5.85. The molecule has 0 bridgehead atoms. The molecule has 0 radical (unpaired) electrons. The fraction of sp³-hybridized carbons (Fsp3) is 0.333. The monoisotopic (exact) mass is 370 g/mol. The Kier molecular flexibility index (Phi) is 7.60. The lowest BCUT2D eigenvalue weighted by Gasteiger charge is -2.14. The van der Waals surface area contributed by atoms with E-state index in [1.54, 1.807) is 13.0 Å². The molecule has 2 N–H and O–H groups in total. The van der Waals surface area contributed by atoms with E-state index in [0.29, 0.717) is 17.3 Å². The number of hydrogen-bond donors (Lipinski definition) is 2. The van der Waals surface area contributed by atoms with Gasteiger partial charge in [0.2, 0.25) is 0 Å². The molecule has 26 heavy (non-hydrogen) atoms. The van der Waals surface area contributed by atoms with Crippen LogP contribution in [0.4, 0.5) is 5.69 Å². The predicted molar refractivity (Wildman–Crippen MR) is 111 cm³/mol. The highest BCUT2D eigenvalue weighted by Gasteiger charge is 2.13. The Morgan fingerprint density at radius 3 is 2.54 bits per heavy atom. The van der Waals surface area contributed by atoms with Crippen LogP contribution in [0.3, 0.4) is 0 Å². The van der Waals surface area contributed by atoms with Gasteiger partial charge in [-0.1, -0.05) is 35.9 Å². The lowest BCUT2D eigenvalue weighted by molar-refractivity contribution is 0.0525. The lowest BCUT2D eigenvalue weighted by Crippen LogP contribution is -2.30. The van der Waals surface area contributed by atoms with Gasteiger partial charge in [-0.05, 0) is 69.1 Å². The molecule has 138 valence electrons. The van der Waals surface area contributed by atoms with Crippen molar-refractivity contribution in [2.45, 2.75) is 33.6 Å². The molecule has 5 heteroatoms. The van der Waals surface area contributed by atoms with Crippen LogP contribution in [0, 0.1) is 13.8 Å². The van der Waals surface area contributed by atoms with Gasteiger partial charge >= 0.3 is 5.97 Å². The van der Waals surface area contributed by atoms with Crippen molar-refractivity contribution < 1.29 is 9.53 Å². The van der Waals surface area contributed by atoms with Gasteiger partial charge in [0.05, 0.1) is 12.2 Å². The smallest absolute Gasteiger partial charge is 0.338 e. The van der Waals surface area contributed by atoms with Crippen LogP contribution < -0.4 is 10.6 Å². The summed E-state index contributed by atoms with van der Waals surface area (Å²) in [6, 6.07) is 14.1. The molecule has 2 aromatic rings. The number of nitrogens with one attached hydrogen (secondary N) is 2. The van der Waals surface area contributed by atoms with Crippen molar-refractivity contribution >= 4 is 29.0 Å². The summed E-state index contributed by atoms with van der Waals surface area (Å²) >= 11 is 5.36. The number of benzene rings is 2. The summed E-state index contributed by atoms with van der Waals surface area (Å²) in [5, 5.41) is 6.94. The maximum Gasteiger partial charge on any atom is 0.338 e. The summed E-state index contributed by atoms with van der Waals surface area (Å²) in [6.45, 7) is 6.92. The summed E-state index contributed by atoms with van der Waals surface area (Å²) in [7, 11) is 0. The van der Waals surface area contributed by atoms with Crippen LogP contribution in [-0.2, 0) is 11.2 Å². The Bertz CT molecular complexity index is 757. The largest absolute Gasteiger partial charge is 0.462 e. The van der Waals surface area contributed by atoms with Gasteiger partial charge < -0.3 is 15.4 Å². The molecule has 0 amide bonds. The number of carbonyl (C=O) groups is 1. The fourth-order valence-electron chi connectivity index (χ4n) is 2.62. The van der Waals surface area contributed by atoms with E-state index < -0.39 is 0 Å². The topological polar surface area (TPSA) is 50.4 Å². The molecule has 0 aromatic heterocycles. The molecule has 0 aliphatic heterocycles. The van der Waals surface area contributed by atoms with Gasteiger partial charge in [-0.25, -0.2) is 4.79 Å². The van der Waals surface area contributed by atoms with Crippen molar-refractivity contribution in [1.82, 2.24) is 5.32 Å². The summed E-state index contributed by atoms with van der Waals surface area (Å²) in [5.41, 5.74) is 4.80. The maximum absolute atomic E-state index is 12.0. The lowest BCUT2D eigenvalue weighted by atomic mass is 10.1. The van der Waals surface area contributed by atoms with Crippen LogP contribution in [0.2, 0.25) is 0 Å². The van der Waals surface area contributed by atoms with Crippen molar-refractivity contribution in [1.29, 1.82) is 0 Å². The number of carbonyl (C=O) groups excluding carboxylic acids is 1. The second-order valence-electron chi connectivity index (χ2n) is 6.17. The highest BCUT2D eigenvalue weighted by atomic mass is 32.1. The second-order valence-corrected chi connectivity index (χ2v) is 6.58. The number of aryl methyl sites for hydroxylation is 2. The van der Waals surface area contributed by atoms with Crippen LogP contribution in [-0.4, -0.2) is 24.2 Å². The van der Waals surface area contributed by atoms with E-state index in [4.69, 9.17) is 17.0 Å². The molecule has 2 rings (SSSR count). The van der Waals surface area contributed by atoms with Crippen LogP contribution in [0.5, 0.6) is 0 Å². The molecule has 0 unspecified atom stereocenters. The molecule has 0 aliphatic carbocycles. The Morgan fingerprint density at radius 1 is 1.12 bits per heavy atom. The van der Waals surface area contributed by atoms with Crippen LogP contribution in [0.1, 0.15) is 40.4 Å². The first-order chi connectivity index (χ1) is 12.5.